The van der Waals surface area contributed by atoms with E-state index in [1.54, 1.807) is 6.07 Å². The Labute approximate surface area is 140 Å². The van der Waals surface area contributed by atoms with Gasteiger partial charge in [0.05, 0.1) is 6.61 Å². The van der Waals surface area contributed by atoms with E-state index < -0.39 is 23.3 Å². The third kappa shape index (κ3) is 3.84. The van der Waals surface area contributed by atoms with Crippen molar-refractivity contribution in [3.8, 4) is 5.75 Å². The van der Waals surface area contributed by atoms with Crippen molar-refractivity contribution in [2.24, 2.45) is 5.41 Å². The van der Waals surface area contributed by atoms with E-state index in [0.29, 0.717) is 19.4 Å². The van der Waals surface area contributed by atoms with Crippen molar-refractivity contribution in [2.45, 2.75) is 25.9 Å². The van der Waals surface area contributed by atoms with E-state index in [2.05, 4.69) is 0 Å². The van der Waals surface area contributed by atoms with E-state index in [9.17, 15) is 19.1 Å². The smallest absolute Gasteiger partial charge is 0.313 e. The van der Waals surface area contributed by atoms with Gasteiger partial charge in [-0.05, 0) is 31.9 Å². The van der Waals surface area contributed by atoms with E-state index in [0.717, 1.165) is 0 Å². The summed E-state index contributed by atoms with van der Waals surface area (Å²) in [4.78, 5) is 25.7. The largest absolute Gasteiger partial charge is 0.481 e. The normalized spacial score (nSPS) is 22.0. The van der Waals surface area contributed by atoms with Gasteiger partial charge in [-0.15, -0.1) is 0 Å². The first-order valence-corrected chi connectivity index (χ1v) is 7.82. The monoisotopic (exact) mass is 339 g/mol. The maximum absolute atomic E-state index is 13.6. The Morgan fingerprint density at radius 1 is 1.42 bits per heavy atom. The van der Waals surface area contributed by atoms with Crippen molar-refractivity contribution in [1.82, 2.24) is 4.90 Å². The number of aliphatic carboxylic acids is 1. The molecule has 0 spiro atoms. The zero-order valence-electron chi connectivity index (χ0n) is 13.8. The fourth-order valence-corrected chi connectivity index (χ4v) is 2.99. The molecule has 1 amide bonds. The molecule has 1 saturated heterocycles. The number of hydrogen-bond donors (Lipinski definition) is 1. The van der Waals surface area contributed by atoms with Gasteiger partial charge >= 0.3 is 5.97 Å². The van der Waals surface area contributed by atoms with Gasteiger partial charge in [0.1, 0.15) is 5.41 Å². The summed E-state index contributed by atoms with van der Waals surface area (Å²) in [7, 11) is 1.44. The molecule has 1 aromatic rings. The second kappa shape index (κ2) is 7.61. The maximum atomic E-state index is 13.6. The highest BCUT2D eigenvalue weighted by Crippen LogP contribution is 2.31. The third-order valence-electron chi connectivity index (χ3n) is 4.25. The average molecular weight is 339 g/mol. The second-order valence-electron chi connectivity index (χ2n) is 6.07. The lowest BCUT2D eigenvalue weighted by Crippen LogP contribution is -2.54. The zero-order valence-corrected chi connectivity index (χ0v) is 13.8. The number of nitrogens with zero attached hydrogens (tertiary/aromatic N) is 1. The Morgan fingerprint density at radius 3 is 2.75 bits per heavy atom. The number of carboxylic acid groups (broad SMARTS) is 1. The highest BCUT2D eigenvalue weighted by Gasteiger charge is 2.44. The van der Waals surface area contributed by atoms with Crippen LogP contribution in [0.15, 0.2) is 24.3 Å². The number of carbonyl (C=O) groups is 2. The molecule has 1 heterocycles. The van der Waals surface area contributed by atoms with Gasteiger partial charge in [0, 0.05) is 20.2 Å². The van der Waals surface area contributed by atoms with Crippen LogP contribution in [0.3, 0.4) is 0 Å². The fourth-order valence-electron chi connectivity index (χ4n) is 2.99. The van der Waals surface area contributed by atoms with Crippen molar-refractivity contribution in [3.05, 3.63) is 30.1 Å². The van der Waals surface area contributed by atoms with Crippen LogP contribution >= 0.6 is 0 Å². The Kier molecular flexibility index (Phi) is 5.77. The summed E-state index contributed by atoms with van der Waals surface area (Å²) in [5, 5.41) is 9.53. The molecule has 2 rings (SSSR count). The number of likely N-dealkylation sites (tertiary alicyclic amines) is 1. The minimum absolute atomic E-state index is 0.00301. The van der Waals surface area contributed by atoms with Crippen LogP contribution < -0.4 is 4.74 Å². The van der Waals surface area contributed by atoms with Crippen molar-refractivity contribution in [2.75, 3.05) is 26.8 Å². The fraction of sp³-hybridized carbons (Fsp3) is 0.529. The summed E-state index contributed by atoms with van der Waals surface area (Å²) in [6.45, 7) is 2.07. The third-order valence-corrected chi connectivity index (χ3v) is 4.25. The molecule has 1 aliphatic rings. The molecular formula is C17H22FNO5. The first kappa shape index (κ1) is 18.2. The maximum Gasteiger partial charge on any atom is 0.313 e. The van der Waals surface area contributed by atoms with Crippen molar-refractivity contribution in [3.63, 3.8) is 0 Å². The van der Waals surface area contributed by atoms with Gasteiger partial charge in [0.2, 0.25) is 0 Å². The minimum Gasteiger partial charge on any atom is -0.481 e. The highest BCUT2D eigenvalue weighted by atomic mass is 19.1. The van der Waals surface area contributed by atoms with Gasteiger partial charge in [-0.1, -0.05) is 12.1 Å². The molecule has 1 fully saturated rings. The topological polar surface area (TPSA) is 76.1 Å². The van der Waals surface area contributed by atoms with Gasteiger partial charge in [0.15, 0.2) is 17.7 Å². The Balaban J connectivity index is 2.08. The molecule has 2 unspecified atom stereocenters. The van der Waals surface area contributed by atoms with Crippen LogP contribution in [-0.2, 0) is 14.3 Å². The number of benzene rings is 1. The number of ether oxygens (including phenoxy) is 2. The van der Waals surface area contributed by atoms with Crippen LogP contribution in [0, 0.1) is 11.2 Å². The summed E-state index contributed by atoms with van der Waals surface area (Å²) >= 11 is 0. The van der Waals surface area contributed by atoms with Crippen LogP contribution in [0.5, 0.6) is 5.75 Å². The summed E-state index contributed by atoms with van der Waals surface area (Å²) in [6, 6.07) is 5.85. The lowest BCUT2D eigenvalue weighted by atomic mass is 9.80. The van der Waals surface area contributed by atoms with E-state index >= 15 is 0 Å². The molecule has 0 saturated carbocycles. The average Bonchev–Trinajstić information content (AvgIpc) is 2.56. The molecule has 0 aliphatic carbocycles. The first-order chi connectivity index (χ1) is 11.4. The van der Waals surface area contributed by atoms with Gasteiger partial charge in [-0.2, -0.15) is 0 Å². The highest BCUT2D eigenvalue weighted by molar-refractivity contribution is 5.83. The number of carboxylic acids is 1. The van der Waals surface area contributed by atoms with Crippen molar-refractivity contribution >= 4 is 11.9 Å². The quantitative estimate of drug-likeness (QED) is 0.857. The Morgan fingerprint density at radius 2 is 2.12 bits per heavy atom. The van der Waals surface area contributed by atoms with Crippen LogP contribution in [-0.4, -0.2) is 54.8 Å². The molecule has 1 aromatic carbocycles. The van der Waals surface area contributed by atoms with Crippen molar-refractivity contribution in [1.29, 1.82) is 0 Å². The predicted molar refractivity (Wildman–Crippen MR) is 84.2 cm³/mol. The molecule has 7 heteroatoms. The molecule has 24 heavy (non-hydrogen) atoms. The predicted octanol–water partition coefficient (Wildman–Crippen LogP) is 1.93. The lowest BCUT2D eigenvalue weighted by molar-refractivity contribution is -0.160. The van der Waals surface area contributed by atoms with Gasteiger partial charge in [-0.3, -0.25) is 9.59 Å². The van der Waals surface area contributed by atoms with Gasteiger partial charge < -0.3 is 19.5 Å². The molecule has 6 nitrogen and oxygen atoms in total. The summed E-state index contributed by atoms with van der Waals surface area (Å²) in [6.07, 6.45) is 0.102. The standard InChI is InChI=1S/C17H22FNO5/c1-12(24-14-7-4-3-6-13(14)18)15(20)19-9-5-8-17(10-19,11-23-2)16(21)22/h3-4,6-7,12H,5,8-11H2,1-2H3,(H,21,22). The van der Waals surface area contributed by atoms with E-state index in [1.165, 1.54) is 37.1 Å². The van der Waals surface area contributed by atoms with E-state index in [4.69, 9.17) is 9.47 Å². The number of hydrogen-bond acceptors (Lipinski definition) is 4. The van der Waals surface area contributed by atoms with Gasteiger partial charge in [-0.25, -0.2) is 4.39 Å². The van der Waals surface area contributed by atoms with E-state index in [-0.39, 0.29) is 24.8 Å². The number of para-hydroxylation sites is 1. The van der Waals surface area contributed by atoms with Crippen molar-refractivity contribution < 1.29 is 28.6 Å². The number of methoxy groups -OCH3 is 1. The molecular weight excluding hydrogens is 317 g/mol. The molecule has 1 N–H and O–H groups in total. The first-order valence-electron chi connectivity index (χ1n) is 7.82. The summed E-state index contributed by atoms with van der Waals surface area (Å²) in [5.74, 6) is -1.89. The van der Waals surface area contributed by atoms with Crippen LogP contribution in [0.25, 0.3) is 0 Å². The van der Waals surface area contributed by atoms with Crippen LogP contribution in [0.4, 0.5) is 4.39 Å². The molecule has 0 aromatic heterocycles. The molecule has 2 atom stereocenters. The summed E-state index contributed by atoms with van der Waals surface area (Å²) in [5.41, 5.74) is -1.11. The number of rotatable bonds is 6. The van der Waals surface area contributed by atoms with E-state index in [1.807, 2.05) is 0 Å². The van der Waals surface area contributed by atoms with Gasteiger partial charge in [0.25, 0.3) is 5.91 Å². The molecule has 0 radical (unpaired) electrons. The molecule has 0 bridgehead atoms. The number of halogens is 1. The Hall–Kier alpha value is -2.15. The zero-order chi connectivity index (χ0) is 17.7. The molecule has 1 aliphatic heterocycles. The Bertz CT molecular complexity index is 604. The van der Waals surface area contributed by atoms with Crippen LogP contribution in [0.1, 0.15) is 19.8 Å². The second-order valence-corrected chi connectivity index (χ2v) is 6.07. The number of piperidine rings is 1. The minimum atomic E-state index is -1.11. The summed E-state index contributed by atoms with van der Waals surface area (Å²) < 4.78 is 24.1. The number of carbonyl (C=O) groups excluding carboxylic acids is 1. The SMILES string of the molecule is COCC1(C(=O)O)CCCN(C(=O)C(C)Oc2ccccc2F)C1. The molecule has 132 valence electrons. The van der Waals surface area contributed by atoms with Crippen LogP contribution in [0.2, 0.25) is 0 Å². The number of amides is 1. The lowest BCUT2D eigenvalue weighted by Gasteiger charge is -2.40.